The van der Waals surface area contributed by atoms with Gasteiger partial charge in [0.1, 0.15) is 5.75 Å². The molecule has 1 fully saturated rings. The third-order valence-corrected chi connectivity index (χ3v) is 4.10. The van der Waals surface area contributed by atoms with E-state index in [9.17, 15) is 4.39 Å². The molecule has 3 nitrogen and oxygen atoms in total. The van der Waals surface area contributed by atoms with Gasteiger partial charge in [0, 0.05) is 42.3 Å². The molecular weight excluding hydrogens is 323 g/mol. The summed E-state index contributed by atoms with van der Waals surface area (Å²) in [5.41, 5.74) is 1.08. The lowest BCUT2D eigenvalue weighted by Crippen LogP contribution is -2.45. The van der Waals surface area contributed by atoms with Gasteiger partial charge in [0.25, 0.3) is 0 Å². The van der Waals surface area contributed by atoms with Gasteiger partial charge in [0.2, 0.25) is 0 Å². The van der Waals surface area contributed by atoms with E-state index in [1.165, 1.54) is 0 Å². The lowest BCUT2D eigenvalue weighted by atomic mass is 10.0. The highest BCUT2D eigenvalue weighted by molar-refractivity contribution is 9.10. The maximum Gasteiger partial charge on any atom is 0.124 e. The Bertz CT molecular complexity index is 424. The zero-order valence-corrected chi connectivity index (χ0v) is 13.5. The topological polar surface area (TPSA) is 24.5 Å². The van der Waals surface area contributed by atoms with Gasteiger partial charge in [-0.25, -0.2) is 0 Å². The van der Waals surface area contributed by atoms with Gasteiger partial charge in [-0.3, -0.25) is 9.29 Å². The smallest absolute Gasteiger partial charge is 0.124 e. The fraction of sp³-hybridized carbons (Fsp3) is 0.600. The van der Waals surface area contributed by atoms with Crippen LogP contribution in [0.1, 0.15) is 24.9 Å². The first-order valence-corrected chi connectivity index (χ1v) is 7.98. The van der Waals surface area contributed by atoms with Crippen molar-refractivity contribution in [2.45, 2.75) is 19.4 Å². The first-order valence-electron chi connectivity index (χ1n) is 7.19. The van der Waals surface area contributed by atoms with Crippen LogP contribution in [0.2, 0.25) is 0 Å². The van der Waals surface area contributed by atoms with E-state index in [0.29, 0.717) is 13.0 Å². The fourth-order valence-electron chi connectivity index (χ4n) is 2.70. The number of benzene rings is 1. The van der Waals surface area contributed by atoms with E-state index in [1.807, 2.05) is 19.1 Å². The Hall–Kier alpha value is -0.650. The van der Waals surface area contributed by atoms with Crippen LogP contribution in [0.3, 0.4) is 0 Å². The van der Waals surface area contributed by atoms with E-state index in [1.54, 1.807) is 0 Å². The van der Waals surface area contributed by atoms with Crippen LogP contribution in [0.5, 0.6) is 5.75 Å². The molecular formula is C15H22BrFN2O. The molecule has 0 saturated carbocycles. The number of piperazine rings is 1. The van der Waals surface area contributed by atoms with Gasteiger partial charge in [-0.1, -0.05) is 15.9 Å². The van der Waals surface area contributed by atoms with Gasteiger partial charge in [-0.2, -0.15) is 0 Å². The zero-order valence-electron chi connectivity index (χ0n) is 11.9. The fourth-order valence-corrected chi connectivity index (χ4v) is 3.08. The second-order valence-electron chi connectivity index (χ2n) is 4.89. The number of hydrogen-bond acceptors (Lipinski definition) is 3. The SMILES string of the molecule is CCOc1ccc(Br)cc1[C@@H](CCF)N1CCNCC1. The van der Waals surface area contributed by atoms with Crippen molar-refractivity contribution in [1.82, 2.24) is 10.2 Å². The summed E-state index contributed by atoms with van der Waals surface area (Å²) in [7, 11) is 0. The highest BCUT2D eigenvalue weighted by Crippen LogP contribution is 2.34. The molecule has 0 unspecified atom stereocenters. The number of ether oxygens (including phenoxy) is 1. The number of halogens is 2. The number of hydrogen-bond donors (Lipinski definition) is 1. The van der Waals surface area contributed by atoms with Gasteiger partial charge in [0.15, 0.2) is 0 Å². The number of nitrogens with zero attached hydrogens (tertiary/aromatic N) is 1. The minimum absolute atomic E-state index is 0.0844. The van der Waals surface area contributed by atoms with E-state index >= 15 is 0 Å². The first-order chi connectivity index (χ1) is 9.76. The van der Waals surface area contributed by atoms with Crippen molar-refractivity contribution in [2.75, 3.05) is 39.5 Å². The predicted molar refractivity (Wildman–Crippen MR) is 83.1 cm³/mol. The van der Waals surface area contributed by atoms with Gasteiger partial charge >= 0.3 is 0 Å². The molecule has 112 valence electrons. The quantitative estimate of drug-likeness (QED) is 0.857. The van der Waals surface area contributed by atoms with E-state index in [2.05, 4.69) is 32.2 Å². The van der Waals surface area contributed by atoms with Crippen LogP contribution in [0.25, 0.3) is 0 Å². The summed E-state index contributed by atoms with van der Waals surface area (Å²) in [5, 5.41) is 3.34. The molecule has 1 saturated heterocycles. The summed E-state index contributed by atoms with van der Waals surface area (Å²) < 4.78 is 19.7. The molecule has 1 aliphatic rings. The standard InChI is InChI=1S/C15H22BrFN2O/c1-2-20-15-4-3-12(16)11-13(15)14(5-6-17)19-9-7-18-8-10-19/h3-4,11,14,18H,2,5-10H2,1H3/t14-/m1/s1. The Morgan fingerprint density at radius 1 is 1.40 bits per heavy atom. The van der Waals surface area contributed by atoms with Crippen molar-refractivity contribution in [3.8, 4) is 5.75 Å². The average molecular weight is 345 g/mol. The Kier molecular flexibility index (Phi) is 6.26. The minimum atomic E-state index is -0.313. The van der Waals surface area contributed by atoms with Crippen LogP contribution in [0.15, 0.2) is 22.7 Å². The van der Waals surface area contributed by atoms with Crippen molar-refractivity contribution >= 4 is 15.9 Å². The van der Waals surface area contributed by atoms with Crippen LogP contribution >= 0.6 is 15.9 Å². The predicted octanol–water partition coefficient (Wildman–Crippen LogP) is 3.15. The molecule has 5 heteroatoms. The van der Waals surface area contributed by atoms with Crippen LogP contribution in [0, 0.1) is 0 Å². The first kappa shape index (κ1) is 15.7. The van der Waals surface area contributed by atoms with Crippen molar-refractivity contribution in [2.24, 2.45) is 0 Å². The van der Waals surface area contributed by atoms with Gasteiger partial charge < -0.3 is 10.1 Å². The molecule has 0 amide bonds. The highest BCUT2D eigenvalue weighted by atomic mass is 79.9. The van der Waals surface area contributed by atoms with E-state index in [-0.39, 0.29) is 12.7 Å². The lowest BCUT2D eigenvalue weighted by molar-refractivity contribution is 0.154. The third-order valence-electron chi connectivity index (χ3n) is 3.61. The van der Waals surface area contributed by atoms with Crippen molar-refractivity contribution in [3.63, 3.8) is 0 Å². The Morgan fingerprint density at radius 3 is 2.80 bits per heavy atom. The van der Waals surface area contributed by atoms with Crippen LogP contribution < -0.4 is 10.1 Å². The molecule has 0 radical (unpaired) electrons. The summed E-state index contributed by atoms with van der Waals surface area (Å²) in [6.45, 7) is 6.10. The largest absolute Gasteiger partial charge is 0.494 e. The Balaban J connectivity index is 2.28. The molecule has 20 heavy (non-hydrogen) atoms. The van der Waals surface area contributed by atoms with Crippen molar-refractivity contribution in [1.29, 1.82) is 0 Å². The molecule has 1 aliphatic heterocycles. The average Bonchev–Trinajstić information content (AvgIpc) is 2.48. The summed E-state index contributed by atoms with van der Waals surface area (Å²) in [6, 6.07) is 6.09. The molecule has 1 aromatic carbocycles. The number of alkyl halides is 1. The molecule has 1 aromatic rings. The molecule has 2 rings (SSSR count). The molecule has 1 heterocycles. The zero-order chi connectivity index (χ0) is 14.4. The molecule has 1 atom stereocenters. The monoisotopic (exact) mass is 344 g/mol. The van der Waals surface area contributed by atoms with E-state index in [0.717, 1.165) is 42.0 Å². The van der Waals surface area contributed by atoms with Crippen molar-refractivity contribution in [3.05, 3.63) is 28.2 Å². The number of nitrogens with one attached hydrogen (secondary N) is 1. The van der Waals surface area contributed by atoms with Crippen molar-refractivity contribution < 1.29 is 9.13 Å². The van der Waals surface area contributed by atoms with Gasteiger partial charge in [-0.05, 0) is 31.5 Å². The molecule has 0 bridgehead atoms. The molecule has 0 aromatic heterocycles. The summed E-state index contributed by atoms with van der Waals surface area (Å²) in [4.78, 5) is 2.35. The Morgan fingerprint density at radius 2 is 2.15 bits per heavy atom. The van der Waals surface area contributed by atoms with Crippen LogP contribution in [0.4, 0.5) is 4.39 Å². The van der Waals surface area contributed by atoms with E-state index in [4.69, 9.17) is 4.74 Å². The summed E-state index contributed by atoms with van der Waals surface area (Å²) >= 11 is 3.51. The molecule has 0 spiro atoms. The minimum Gasteiger partial charge on any atom is -0.494 e. The second-order valence-corrected chi connectivity index (χ2v) is 5.81. The molecule has 1 N–H and O–H groups in total. The summed E-state index contributed by atoms with van der Waals surface area (Å²) in [6.07, 6.45) is 0.510. The van der Waals surface area contributed by atoms with Crippen LogP contribution in [-0.4, -0.2) is 44.4 Å². The maximum absolute atomic E-state index is 13.0. The van der Waals surface area contributed by atoms with Gasteiger partial charge in [0.05, 0.1) is 13.3 Å². The normalized spacial score (nSPS) is 17.9. The third kappa shape index (κ3) is 3.93. The number of rotatable bonds is 6. The van der Waals surface area contributed by atoms with Crippen LogP contribution in [-0.2, 0) is 0 Å². The van der Waals surface area contributed by atoms with E-state index < -0.39 is 0 Å². The highest BCUT2D eigenvalue weighted by Gasteiger charge is 2.24. The summed E-state index contributed by atoms with van der Waals surface area (Å²) in [5.74, 6) is 0.868. The maximum atomic E-state index is 13.0. The lowest BCUT2D eigenvalue weighted by Gasteiger charge is -2.35. The molecule has 0 aliphatic carbocycles. The Labute approximate surface area is 128 Å². The van der Waals surface area contributed by atoms with Gasteiger partial charge in [-0.15, -0.1) is 0 Å². The second kappa shape index (κ2) is 7.96.